The van der Waals surface area contributed by atoms with Crippen LogP contribution < -0.4 is 10.6 Å². The fourth-order valence-corrected chi connectivity index (χ4v) is 3.93. The van der Waals surface area contributed by atoms with Crippen LogP contribution in [0.25, 0.3) is 0 Å². The summed E-state index contributed by atoms with van der Waals surface area (Å²) in [4.78, 5) is 23.3. The lowest BCUT2D eigenvalue weighted by molar-refractivity contribution is 0.0698. The molecular formula is C14H17IN2O3S. The molecule has 0 aliphatic heterocycles. The van der Waals surface area contributed by atoms with Crippen LogP contribution in [-0.4, -0.2) is 34.7 Å². The molecule has 7 heteroatoms. The number of carboxylic acids is 1. The molecule has 0 radical (unpaired) electrons. The molecule has 1 aromatic carbocycles. The molecule has 0 bridgehead atoms. The standard InChI is InChI=1S/C14H17IN2O3S/c1-21-12-4-2-3-11(12)17-14(20)16-10-6-5-8(15)7-9(10)13(18)19/h5-7,11-12H,2-4H2,1H3,(H,18,19)(H2,16,17,20). The van der Waals surface area contributed by atoms with Gasteiger partial charge in [-0.1, -0.05) is 6.42 Å². The Labute approximate surface area is 141 Å². The average molecular weight is 420 g/mol. The van der Waals surface area contributed by atoms with Gasteiger partial charge in [0.15, 0.2) is 0 Å². The van der Waals surface area contributed by atoms with Crippen molar-refractivity contribution in [3.8, 4) is 0 Å². The summed E-state index contributed by atoms with van der Waals surface area (Å²) in [6.07, 6.45) is 5.23. The molecule has 1 aliphatic rings. The topological polar surface area (TPSA) is 78.4 Å². The first-order chi connectivity index (χ1) is 10.0. The van der Waals surface area contributed by atoms with Gasteiger partial charge in [-0.15, -0.1) is 0 Å². The number of nitrogens with one attached hydrogen (secondary N) is 2. The van der Waals surface area contributed by atoms with Gasteiger partial charge >= 0.3 is 12.0 Å². The van der Waals surface area contributed by atoms with Crippen LogP contribution in [0.2, 0.25) is 0 Å². The Morgan fingerprint density at radius 1 is 1.38 bits per heavy atom. The molecule has 2 amide bonds. The normalized spacial score (nSPS) is 21.0. The summed E-state index contributed by atoms with van der Waals surface area (Å²) in [5.74, 6) is -1.05. The van der Waals surface area contributed by atoms with Gasteiger partial charge < -0.3 is 15.7 Å². The van der Waals surface area contributed by atoms with Crippen molar-refractivity contribution in [2.24, 2.45) is 0 Å². The molecule has 0 saturated heterocycles. The van der Waals surface area contributed by atoms with Gasteiger partial charge in [-0.2, -0.15) is 11.8 Å². The van der Waals surface area contributed by atoms with Crippen LogP contribution in [0.1, 0.15) is 29.6 Å². The fraction of sp³-hybridized carbons (Fsp3) is 0.429. The second-order valence-electron chi connectivity index (χ2n) is 4.91. The molecule has 5 nitrogen and oxygen atoms in total. The number of hydrogen-bond donors (Lipinski definition) is 3. The lowest BCUT2D eigenvalue weighted by Crippen LogP contribution is -2.41. The number of hydrogen-bond acceptors (Lipinski definition) is 3. The average Bonchev–Trinajstić information content (AvgIpc) is 2.87. The number of benzene rings is 1. The van der Waals surface area contributed by atoms with E-state index in [-0.39, 0.29) is 17.6 Å². The molecule has 2 unspecified atom stereocenters. The molecule has 0 aromatic heterocycles. The maximum atomic E-state index is 12.1. The van der Waals surface area contributed by atoms with Crippen molar-refractivity contribution >= 4 is 52.0 Å². The fourth-order valence-electron chi connectivity index (χ4n) is 2.50. The highest BCUT2D eigenvalue weighted by atomic mass is 127. The van der Waals surface area contributed by atoms with E-state index in [1.54, 1.807) is 30.0 Å². The van der Waals surface area contributed by atoms with E-state index < -0.39 is 5.97 Å². The van der Waals surface area contributed by atoms with Crippen molar-refractivity contribution < 1.29 is 14.7 Å². The molecule has 21 heavy (non-hydrogen) atoms. The van der Waals surface area contributed by atoms with E-state index in [4.69, 9.17) is 0 Å². The second-order valence-corrected chi connectivity index (χ2v) is 7.23. The molecule has 1 aliphatic carbocycles. The highest BCUT2D eigenvalue weighted by molar-refractivity contribution is 14.1. The quantitative estimate of drug-likeness (QED) is 0.653. The SMILES string of the molecule is CSC1CCCC1NC(=O)Nc1ccc(I)cc1C(=O)O. The molecule has 2 atom stereocenters. The number of amides is 2. The highest BCUT2D eigenvalue weighted by Gasteiger charge is 2.28. The van der Waals surface area contributed by atoms with Gasteiger partial charge in [0.25, 0.3) is 0 Å². The number of rotatable bonds is 4. The van der Waals surface area contributed by atoms with E-state index in [0.29, 0.717) is 10.9 Å². The van der Waals surface area contributed by atoms with Crippen molar-refractivity contribution in [3.05, 3.63) is 27.3 Å². The van der Waals surface area contributed by atoms with Gasteiger partial charge in [0.1, 0.15) is 0 Å². The first-order valence-corrected chi connectivity index (χ1v) is 9.01. The monoisotopic (exact) mass is 420 g/mol. The van der Waals surface area contributed by atoms with Gasteiger partial charge in [-0.05, 0) is 59.9 Å². The number of thioether (sulfide) groups is 1. The largest absolute Gasteiger partial charge is 0.478 e. The Balaban J connectivity index is 2.04. The minimum atomic E-state index is -1.05. The summed E-state index contributed by atoms with van der Waals surface area (Å²) in [5.41, 5.74) is 0.420. The van der Waals surface area contributed by atoms with Crippen LogP contribution in [0.5, 0.6) is 0 Å². The van der Waals surface area contributed by atoms with E-state index in [2.05, 4.69) is 10.6 Å². The summed E-state index contributed by atoms with van der Waals surface area (Å²) in [6, 6.07) is 4.73. The van der Waals surface area contributed by atoms with Crippen LogP contribution in [0.4, 0.5) is 10.5 Å². The number of carboxylic acid groups (broad SMARTS) is 1. The molecule has 1 fully saturated rings. The van der Waals surface area contributed by atoms with Crippen LogP contribution in [0, 0.1) is 3.57 Å². The van der Waals surface area contributed by atoms with Crippen LogP contribution in [0.15, 0.2) is 18.2 Å². The van der Waals surface area contributed by atoms with Gasteiger partial charge in [0, 0.05) is 14.9 Å². The van der Waals surface area contributed by atoms with E-state index in [0.717, 1.165) is 22.8 Å². The van der Waals surface area contributed by atoms with Crippen LogP contribution >= 0.6 is 34.4 Å². The number of carbonyl (C=O) groups is 2. The molecule has 1 aromatic rings. The zero-order chi connectivity index (χ0) is 15.4. The summed E-state index contributed by atoms with van der Waals surface area (Å²) in [6.45, 7) is 0. The number of carbonyl (C=O) groups excluding carboxylic acids is 1. The van der Waals surface area contributed by atoms with Crippen molar-refractivity contribution in [2.75, 3.05) is 11.6 Å². The minimum absolute atomic E-state index is 0.102. The Morgan fingerprint density at radius 3 is 2.81 bits per heavy atom. The maximum Gasteiger partial charge on any atom is 0.337 e. The third-order valence-corrected chi connectivity index (χ3v) is 5.37. The zero-order valence-electron chi connectivity index (χ0n) is 11.6. The first kappa shape index (κ1) is 16.4. The van der Waals surface area contributed by atoms with E-state index in [1.807, 2.05) is 28.8 Å². The Morgan fingerprint density at radius 2 is 2.14 bits per heavy atom. The van der Waals surface area contributed by atoms with E-state index in [9.17, 15) is 14.7 Å². The Hall–Kier alpha value is -0.960. The molecule has 0 heterocycles. The number of aromatic carboxylic acids is 1. The zero-order valence-corrected chi connectivity index (χ0v) is 14.5. The van der Waals surface area contributed by atoms with E-state index >= 15 is 0 Å². The summed E-state index contributed by atoms with van der Waals surface area (Å²) < 4.78 is 0.814. The predicted molar refractivity (Wildman–Crippen MR) is 93.2 cm³/mol. The lowest BCUT2D eigenvalue weighted by Gasteiger charge is -2.19. The summed E-state index contributed by atoms with van der Waals surface area (Å²) >= 11 is 3.80. The number of urea groups is 1. The molecule has 114 valence electrons. The molecule has 1 saturated carbocycles. The van der Waals surface area contributed by atoms with Crippen molar-refractivity contribution in [2.45, 2.75) is 30.6 Å². The molecular weight excluding hydrogens is 403 g/mol. The van der Waals surface area contributed by atoms with Gasteiger partial charge in [0.05, 0.1) is 11.3 Å². The van der Waals surface area contributed by atoms with Gasteiger partial charge in [0.2, 0.25) is 0 Å². The molecule has 2 rings (SSSR count). The van der Waals surface area contributed by atoms with Crippen LogP contribution in [0.3, 0.4) is 0 Å². The minimum Gasteiger partial charge on any atom is -0.478 e. The summed E-state index contributed by atoms with van der Waals surface area (Å²) in [7, 11) is 0. The number of anilines is 1. The maximum absolute atomic E-state index is 12.1. The smallest absolute Gasteiger partial charge is 0.337 e. The summed E-state index contributed by atoms with van der Waals surface area (Å²) in [5, 5.41) is 15.2. The highest BCUT2D eigenvalue weighted by Crippen LogP contribution is 2.28. The van der Waals surface area contributed by atoms with Crippen LogP contribution in [-0.2, 0) is 0 Å². The van der Waals surface area contributed by atoms with E-state index in [1.165, 1.54) is 0 Å². The van der Waals surface area contributed by atoms with Gasteiger partial charge in [-0.25, -0.2) is 9.59 Å². The Kier molecular flexibility index (Phi) is 5.74. The Bertz CT molecular complexity index is 553. The number of halogens is 1. The van der Waals surface area contributed by atoms with Crippen molar-refractivity contribution in [3.63, 3.8) is 0 Å². The third-order valence-electron chi connectivity index (χ3n) is 3.53. The molecule has 3 N–H and O–H groups in total. The third kappa shape index (κ3) is 4.26. The van der Waals surface area contributed by atoms with Crippen molar-refractivity contribution in [1.29, 1.82) is 0 Å². The lowest BCUT2D eigenvalue weighted by atomic mass is 10.2. The predicted octanol–water partition coefficient (Wildman–Crippen LogP) is 3.40. The molecule has 0 spiro atoms. The first-order valence-electron chi connectivity index (χ1n) is 6.64. The van der Waals surface area contributed by atoms with Crippen molar-refractivity contribution in [1.82, 2.24) is 5.32 Å². The second kappa shape index (κ2) is 7.35. The van der Waals surface area contributed by atoms with Gasteiger partial charge in [-0.3, -0.25) is 0 Å².